The fourth-order valence-corrected chi connectivity index (χ4v) is 2.13. The predicted octanol–water partition coefficient (Wildman–Crippen LogP) is 1.17. The summed E-state index contributed by atoms with van der Waals surface area (Å²) in [5.74, 6) is 0. The number of aliphatic hydroxyl groups is 1. The zero-order valence-corrected chi connectivity index (χ0v) is 7.83. The molecule has 0 spiro atoms. The van der Waals surface area contributed by atoms with E-state index >= 15 is 0 Å². The van der Waals surface area contributed by atoms with E-state index in [9.17, 15) is 5.11 Å². The van der Waals surface area contributed by atoms with Gasteiger partial charge in [0.15, 0.2) is 0 Å². The van der Waals surface area contributed by atoms with Crippen molar-refractivity contribution in [2.24, 2.45) is 5.73 Å². The Kier molecular flexibility index (Phi) is 2.10. The molecule has 2 heteroatoms. The molecule has 0 radical (unpaired) electrons. The molecule has 0 bridgehead atoms. The largest absolute Gasteiger partial charge is 0.391 e. The highest BCUT2D eigenvalue weighted by molar-refractivity contribution is 5.42. The van der Waals surface area contributed by atoms with Gasteiger partial charge in [0.05, 0.1) is 12.1 Å². The van der Waals surface area contributed by atoms with Crippen molar-refractivity contribution in [3.05, 3.63) is 34.9 Å². The second kappa shape index (κ2) is 3.13. The standard InChI is InChI=1S/C11H15NO/c1-2-7-4-3-5-8-6-9(13)11(12)10(7)8/h3-5,9,11,13H,2,6,12H2,1H3. The van der Waals surface area contributed by atoms with Gasteiger partial charge < -0.3 is 10.8 Å². The lowest BCUT2D eigenvalue weighted by atomic mass is 9.99. The smallest absolute Gasteiger partial charge is 0.0773 e. The Morgan fingerprint density at radius 1 is 1.54 bits per heavy atom. The third-order valence-corrected chi connectivity index (χ3v) is 2.84. The first-order valence-corrected chi connectivity index (χ1v) is 4.78. The fourth-order valence-electron chi connectivity index (χ4n) is 2.13. The monoisotopic (exact) mass is 177 g/mol. The molecule has 0 saturated heterocycles. The van der Waals surface area contributed by atoms with Gasteiger partial charge in [-0.3, -0.25) is 0 Å². The molecule has 2 rings (SSSR count). The van der Waals surface area contributed by atoms with Crippen molar-refractivity contribution in [1.82, 2.24) is 0 Å². The number of fused-ring (bicyclic) bond motifs is 1. The van der Waals surface area contributed by atoms with Crippen LogP contribution in [-0.2, 0) is 12.8 Å². The van der Waals surface area contributed by atoms with Gasteiger partial charge in [-0.15, -0.1) is 0 Å². The highest BCUT2D eigenvalue weighted by Gasteiger charge is 2.29. The van der Waals surface area contributed by atoms with E-state index in [1.165, 1.54) is 16.7 Å². The van der Waals surface area contributed by atoms with E-state index in [1.54, 1.807) is 0 Å². The van der Waals surface area contributed by atoms with Gasteiger partial charge in [0.1, 0.15) is 0 Å². The number of rotatable bonds is 1. The molecule has 0 fully saturated rings. The van der Waals surface area contributed by atoms with Crippen LogP contribution in [0.15, 0.2) is 18.2 Å². The Hall–Kier alpha value is -0.860. The summed E-state index contributed by atoms with van der Waals surface area (Å²) in [7, 11) is 0. The number of nitrogens with two attached hydrogens (primary N) is 1. The van der Waals surface area contributed by atoms with E-state index in [0.717, 1.165) is 6.42 Å². The van der Waals surface area contributed by atoms with Crippen molar-refractivity contribution in [1.29, 1.82) is 0 Å². The van der Waals surface area contributed by atoms with Crippen LogP contribution in [0, 0.1) is 0 Å². The van der Waals surface area contributed by atoms with E-state index in [4.69, 9.17) is 5.73 Å². The lowest BCUT2D eigenvalue weighted by molar-refractivity contribution is 0.158. The van der Waals surface area contributed by atoms with Crippen LogP contribution in [0.5, 0.6) is 0 Å². The van der Waals surface area contributed by atoms with Gasteiger partial charge in [-0.05, 0) is 23.1 Å². The van der Waals surface area contributed by atoms with E-state index < -0.39 is 0 Å². The van der Waals surface area contributed by atoms with Crippen LogP contribution in [0.25, 0.3) is 0 Å². The summed E-state index contributed by atoms with van der Waals surface area (Å²) in [6.07, 6.45) is 1.32. The summed E-state index contributed by atoms with van der Waals surface area (Å²) in [5, 5.41) is 9.61. The van der Waals surface area contributed by atoms with Crippen LogP contribution in [0.3, 0.4) is 0 Å². The van der Waals surface area contributed by atoms with Crippen molar-refractivity contribution in [2.45, 2.75) is 31.9 Å². The second-order valence-electron chi connectivity index (χ2n) is 3.64. The van der Waals surface area contributed by atoms with Crippen molar-refractivity contribution < 1.29 is 5.11 Å². The average molecular weight is 177 g/mol. The van der Waals surface area contributed by atoms with Crippen LogP contribution in [0.4, 0.5) is 0 Å². The predicted molar refractivity (Wildman–Crippen MR) is 52.5 cm³/mol. The van der Waals surface area contributed by atoms with Gasteiger partial charge in [-0.2, -0.15) is 0 Å². The van der Waals surface area contributed by atoms with Gasteiger partial charge in [0.2, 0.25) is 0 Å². The fraction of sp³-hybridized carbons (Fsp3) is 0.455. The highest BCUT2D eigenvalue weighted by atomic mass is 16.3. The van der Waals surface area contributed by atoms with Gasteiger partial charge in [0.25, 0.3) is 0 Å². The number of aliphatic hydroxyl groups excluding tert-OH is 1. The molecule has 0 aliphatic heterocycles. The molecule has 1 aromatic carbocycles. The minimum Gasteiger partial charge on any atom is -0.391 e. The molecule has 0 amide bonds. The van der Waals surface area contributed by atoms with E-state index in [1.807, 2.05) is 6.07 Å². The molecule has 1 aromatic rings. The molecule has 0 heterocycles. The van der Waals surface area contributed by atoms with Crippen LogP contribution >= 0.6 is 0 Å². The molecule has 2 nitrogen and oxygen atoms in total. The number of hydrogen-bond donors (Lipinski definition) is 2. The molecular formula is C11H15NO. The SMILES string of the molecule is CCc1cccc2c1C(N)C(O)C2. The summed E-state index contributed by atoms with van der Waals surface area (Å²) in [4.78, 5) is 0. The van der Waals surface area contributed by atoms with Crippen molar-refractivity contribution >= 4 is 0 Å². The number of hydrogen-bond acceptors (Lipinski definition) is 2. The Morgan fingerprint density at radius 2 is 2.31 bits per heavy atom. The van der Waals surface area contributed by atoms with Crippen molar-refractivity contribution in [2.75, 3.05) is 0 Å². The molecule has 2 atom stereocenters. The Morgan fingerprint density at radius 3 is 3.00 bits per heavy atom. The zero-order chi connectivity index (χ0) is 9.42. The molecule has 0 saturated carbocycles. The molecule has 2 unspecified atom stereocenters. The highest BCUT2D eigenvalue weighted by Crippen LogP contribution is 2.32. The maximum absolute atomic E-state index is 9.61. The van der Waals surface area contributed by atoms with E-state index in [0.29, 0.717) is 6.42 Å². The Bertz CT molecular complexity index is 322. The minimum absolute atomic E-state index is 0.175. The van der Waals surface area contributed by atoms with Crippen LogP contribution in [0.2, 0.25) is 0 Å². The number of benzene rings is 1. The summed E-state index contributed by atoms with van der Waals surface area (Å²) < 4.78 is 0. The van der Waals surface area contributed by atoms with Gasteiger partial charge in [-0.25, -0.2) is 0 Å². The lowest BCUT2D eigenvalue weighted by Gasteiger charge is -2.12. The second-order valence-corrected chi connectivity index (χ2v) is 3.64. The topological polar surface area (TPSA) is 46.2 Å². The van der Waals surface area contributed by atoms with Crippen LogP contribution < -0.4 is 5.73 Å². The van der Waals surface area contributed by atoms with Crippen molar-refractivity contribution in [3.8, 4) is 0 Å². The third-order valence-electron chi connectivity index (χ3n) is 2.84. The van der Waals surface area contributed by atoms with E-state index in [2.05, 4.69) is 19.1 Å². The first-order valence-electron chi connectivity index (χ1n) is 4.78. The van der Waals surface area contributed by atoms with Gasteiger partial charge >= 0.3 is 0 Å². The zero-order valence-electron chi connectivity index (χ0n) is 7.83. The average Bonchev–Trinajstić information content (AvgIpc) is 2.43. The summed E-state index contributed by atoms with van der Waals surface area (Å²) in [6.45, 7) is 2.12. The number of aryl methyl sites for hydroxylation is 1. The maximum atomic E-state index is 9.61. The maximum Gasteiger partial charge on any atom is 0.0773 e. The lowest BCUT2D eigenvalue weighted by Crippen LogP contribution is -2.21. The molecule has 1 aliphatic carbocycles. The third kappa shape index (κ3) is 1.26. The quantitative estimate of drug-likeness (QED) is 0.676. The normalized spacial score (nSPS) is 26.1. The summed E-state index contributed by atoms with van der Waals surface area (Å²) in [5.41, 5.74) is 9.60. The van der Waals surface area contributed by atoms with Gasteiger partial charge in [-0.1, -0.05) is 25.1 Å². The molecule has 70 valence electrons. The molecule has 13 heavy (non-hydrogen) atoms. The molecule has 1 aliphatic rings. The molecule has 0 aromatic heterocycles. The van der Waals surface area contributed by atoms with Crippen LogP contribution in [0.1, 0.15) is 29.7 Å². The van der Waals surface area contributed by atoms with E-state index in [-0.39, 0.29) is 12.1 Å². The summed E-state index contributed by atoms with van der Waals surface area (Å²) >= 11 is 0. The van der Waals surface area contributed by atoms with Gasteiger partial charge in [0, 0.05) is 6.42 Å². The summed E-state index contributed by atoms with van der Waals surface area (Å²) in [6, 6.07) is 6.02. The van der Waals surface area contributed by atoms with Crippen molar-refractivity contribution in [3.63, 3.8) is 0 Å². The molecular weight excluding hydrogens is 162 g/mol. The molecule has 3 N–H and O–H groups in total. The van der Waals surface area contributed by atoms with Crippen LogP contribution in [-0.4, -0.2) is 11.2 Å². The Labute approximate surface area is 78.4 Å². The first kappa shape index (κ1) is 8.73. The first-order chi connectivity index (χ1) is 6.24. The Balaban J connectivity index is 2.51. The minimum atomic E-state index is -0.386.